The first-order valence-corrected chi connectivity index (χ1v) is 13.7. The molecule has 4 nitrogen and oxygen atoms in total. The summed E-state index contributed by atoms with van der Waals surface area (Å²) in [6.45, 7) is 7.20. The summed E-state index contributed by atoms with van der Waals surface area (Å²) in [6, 6.07) is 0. The van der Waals surface area contributed by atoms with E-state index in [9.17, 15) is 0 Å². The first-order chi connectivity index (χ1) is 11.9. The molecule has 2 aliphatic heterocycles. The minimum absolute atomic E-state index is 1.17. The Morgan fingerprint density at radius 1 is 0.542 bits per heavy atom. The summed E-state index contributed by atoms with van der Waals surface area (Å²) in [6.07, 6.45) is 5.16. The van der Waals surface area contributed by atoms with Crippen LogP contribution in [-0.4, -0.2) is 82.7 Å². The number of rotatable bonds is 13. The topological polar surface area (TPSA) is 30.5 Å². The van der Waals surface area contributed by atoms with Crippen molar-refractivity contribution >= 4 is 47.0 Å². The van der Waals surface area contributed by atoms with Crippen LogP contribution in [0.15, 0.2) is 0 Å². The van der Waals surface area contributed by atoms with Crippen LogP contribution in [0.5, 0.6) is 0 Å². The molecule has 0 aromatic carbocycles. The Morgan fingerprint density at radius 2 is 0.917 bits per heavy atom. The number of hydrogen-bond donors (Lipinski definition) is 2. The van der Waals surface area contributed by atoms with Gasteiger partial charge in [0.2, 0.25) is 0 Å². The Morgan fingerprint density at radius 3 is 1.33 bits per heavy atom. The maximum atomic E-state index is 3.59. The van der Waals surface area contributed by atoms with E-state index in [2.05, 4.69) is 67.5 Å². The smallest absolute Gasteiger partial charge is 0.0460 e. The lowest BCUT2D eigenvalue weighted by Crippen LogP contribution is -2.30. The molecule has 0 atom stereocenters. The van der Waals surface area contributed by atoms with Gasteiger partial charge in [-0.1, -0.05) is 0 Å². The number of nitrogens with one attached hydrogen (secondary N) is 2. The molecule has 2 saturated heterocycles. The fourth-order valence-electron chi connectivity index (χ4n) is 2.72. The van der Waals surface area contributed by atoms with Crippen LogP contribution in [0.25, 0.3) is 0 Å². The molecule has 0 aliphatic carbocycles. The number of hydrogen-bond acceptors (Lipinski definition) is 8. The van der Waals surface area contributed by atoms with Crippen molar-refractivity contribution in [3.63, 3.8) is 0 Å². The van der Waals surface area contributed by atoms with Crippen molar-refractivity contribution in [2.45, 2.75) is 25.7 Å². The van der Waals surface area contributed by atoms with E-state index in [4.69, 9.17) is 0 Å². The van der Waals surface area contributed by atoms with Gasteiger partial charge >= 0.3 is 0 Å². The maximum absolute atomic E-state index is 3.59. The molecule has 0 radical (unpaired) electrons. The van der Waals surface area contributed by atoms with Gasteiger partial charge in [-0.05, 0) is 51.9 Å². The molecule has 24 heavy (non-hydrogen) atoms. The zero-order valence-electron chi connectivity index (χ0n) is 14.8. The van der Waals surface area contributed by atoms with E-state index in [-0.39, 0.29) is 0 Å². The highest BCUT2D eigenvalue weighted by Gasteiger charge is 2.10. The zero-order chi connectivity index (χ0) is 16.7. The summed E-state index contributed by atoms with van der Waals surface area (Å²) in [7, 11) is 0. The summed E-state index contributed by atoms with van der Waals surface area (Å²) >= 11 is 8.20. The van der Waals surface area contributed by atoms with Crippen LogP contribution in [0.2, 0.25) is 0 Å². The minimum Gasteiger partial charge on any atom is -0.317 e. The Kier molecular flexibility index (Phi) is 13.7. The molecule has 0 unspecified atom stereocenters. The fourth-order valence-corrected chi connectivity index (χ4v) is 7.00. The average molecular weight is 411 g/mol. The van der Waals surface area contributed by atoms with E-state index >= 15 is 0 Å². The molecule has 2 aliphatic rings. The van der Waals surface area contributed by atoms with Gasteiger partial charge in [-0.2, -0.15) is 0 Å². The van der Waals surface area contributed by atoms with E-state index < -0.39 is 0 Å². The van der Waals surface area contributed by atoms with Gasteiger partial charge in [0.25, 0.3) is 0 Å². The standard InChI is InChI=1S/C16H34N4S4/c1(5-17-7-3-9-19-11-21-15-22-12-19)2-6-18-8-4-10-20-13-23-16-24-14-20/h17-18H,1-16H2. The molecule has 0 bridgehead atoms. The van der Waals surface area contributed by atoms with Gasteiger partial charge in [-0.3, -0.25) is 9.80 Å². The second-order valence-corrected chi connectivity index (χ2v) is 10.8. The van der Waals surface area contributed by atoms with E-state index in [0.29, 0.717) is 0 Å². The molecular weight excluding hydrogens is 376 g/mol. The predicted octanol–water partition coefficient (Wildman–Crippen LogP) is 3.04. The molecule has 2 heterocycles. The molecule has 2 fully saturated rings. The van der Waals surface area contributed by atoms with Gasteiger partial charge in [0.1, 0.15) is 0 Å². The lowest BCUT2D eigenvalue weighted by atomic mass is 10.3. The average Bonchev–Trinajstić information content (AvgIpc) is 2.64. The molecule has 142 valence electrons. The van der Waals surface area contributed by atoms with Crippen LogP contribution in [0, 0.1) is 0 Å². The quantitative estimate of drug-likeness (QED) is 0.448. The van der Waals surface area contributed by atoms with Crippen molar-refractivity contribution in [1.29, 1.82) is 0 Å². The van der Waals surface area contributed by atoms with Crippen molar-refractivity contribution in [2.75, 3.05) is 72.9 Å². The number of nitrogens with zero attached hydrogens (tertiary/aromatic N) is 2. The van der Waals surface area contributed by atoms with Gasteiger partial charge in [0.05, 0.1) is 0 Å². The molecule has 0 saturated carbocycles. The van der Waals surface area contributed by atoms with E-state index in [0.717, 1.165) is 0 Å². The Balaban J connectivity index is 1.25. The lowest BCUT2D eigenvalue weighted by molar-refractivity contribution is 0.363. The summed E-state index contributed by atoms with van der Waals surface area (Å²) in [5, 5.41) is 9.74. The highest BCUT2D eigenvalue weighted by Crippen LogP contribution is 2.22. The summed E-state index contributed by atoms with van der Waals surface area (Å²) in [5.74, 6) is 4.92. The van der Waals surface area contributed by atoms with E-state index in [1.165, 1.54) is 98.6 Å². The van der Waals surface area contributed by atoms with E-state index in [1.54, 1.807) is 0 Å². The monoisotopic (exact) mass is 410 g/mol. The van der Waals surface area contributed by atoms with Crippen molar-refractivity contribution in [1.82, 2.24) is 20.4 Å². The van der Waals surface area contributed by atoms with Gasteiger partial charge < -0.3 is 10.6 Å². The molecule has 0 aromatic rings. The Bertz CT molecular complexity index is 259. The molecule has 0 amide bonds. The van der Waals surface area contributed by atoms with Gasteiger partial charge in [0, 0.05) is 46.8 Å². The third kappa shape index (κ3) is 11.1. The summed E-state index contributed by atoms with van der Waals surface area (Å²) in [5.41, 5.74) is 0. The third-order valence-electron chi connectivity index (χ3n) is 4.04. The SMILES string of the molecule is C(CCNCCCN1CSCSC1)CNCCCN1CSCSC1. The maximum Gasteiger partial charge on any atom is 0.0460 e. The Labute approximate surface area is 165 Å². The van der Waals surface area contributed by atoms with Crippen molar-refractivity contribution in [2.24, 2.45) is 0 Å². The molecule has 2 N–H and O–H groups in total. The highest BCUT2D eigenvalue weighted by atomic mass is 32.2. The molecule has 0 aromatic heterocycles. The van der Waals surface area contributed by atoms with Crippen LogP contribution in [-0.2, 0) is 0 Å². The second-order valence-electron chi connectivity index (χ2n) is 6.27. The Hall–Kier alpha value is 1.24. The number of unbranched alkanes of at least 4 members (excludes halogenated alkanes) is 1. The normalized spacial score (nSPS) is 20.5. The fraction of sp³-hybridized carbons (Fsp3) is 1.00. The molecular formula is C16H34N4S4. The molecule has 8 heteroatoms. The largest absolute Gasteiger partial charge is 0.317 e. The first-order valence-electron chi connectivity index (χ1n) is 9.12. The van der Waals surface area contributed by atoms with Crippen LogP contribution < -0.4 is 10.6 Å². The van der Waals surface area contributed by atoms with Crippen LogP contribution in [0.4, 0.5) is 0 Å². The second kappa shape index (κ2) is 15.3. The van der Waals surface area contributed by atoms with E-state index in [1.807, 2.05) is 0 Å². The first kappa shape index (κ1) is 21.5. The van der Waals surface area contributed by atoms with Crippen molar-refractivity contribution < 1.29 is 0 Å². The highest BCUT2D eigenvalue weighted by molar-refractivity contribution is 8.16. The third-order valence-corrected chi connectivity index (χ3v) is 8.90. The molecule has 0 spiro atoms. The molecule has 2 rings (SSSR count). The minimum atomic E-state index is 1.17. The summed E-state index contributed by atoms with van der Waals surface area (Å²) in [4.78, 5) is 5.12. The lowest BCUT2D eigenvalue weighted by Gasteiger charge is -2.25. The predicted molar refractivity (Wildman–Crippen MR) is 117 cm³/mol. The van der Waals surface area contributed by atoms with Gasteiger partial charge in [0.15, 0.2) is 0 Å². The zero-order valence-corrected chi connectivity index (χ0v) is 18.1. The van der Waals surface area contributed by atoms with Gasteiger partial charge in [-0.25, -0.2) is 0 Å². The number of thioether (sulfide) groups is 4. The van der Waals surface area contributed by atoms with Crippen molar-refractivity contribution in [3.8, 4) is 0 Å². The summed E-state index contributed by atoms with van der Waals surface area (Å²) < 4.78 is 0. The van der Waals surface area contributed by atoms with Gasteiger partial charge in [-0.15, -0.1) is 47.0 Å². The van der Waals surface area contributed by atoms with Crippen LogP contribution in [0.1, 0.15) is 25.7 Å². The van der Waals surface area contributed by atoms with Crippen LogP contribution in [0.3, 0.4) is 0 Å². The van der Waals surface area contributed by atoms with Crippen molar-refractivity contribution in [3.05, 3.63) is 0 Å². The van der Waals surface area contributed by atoms with Crippen LogP contribution >= 0.6 is 47.0 Å².